The molecule has 3 aromatic carbocycles. The fourth-order valence-corrected chi connectivity index (χ4v) is 4.45. The Morgan fingerprint density at radius 3 is 2.37 bits per heavy atom. The lowest BCUT2D eigenvalue weighted by Crippen LogP contribution is -2.21. The van der Waals surface area contributed by atoms with E-state index in [1.54, 1.807) is 36.0 Å². The predicted molar refractivity (Wildman–Crippen MR) is 171 cm³/mol. The fraction of sp³-hybridized carbons (Fsp3) is 0.212. The van der Waals surface area contributed by atoms with Crippen molar-refractivity contribution in [3.05, 3.63) is 96.3 Å². The van der Waals surface area contributed by atoms with Gasteiger partial charge in [-0.15, -0.1) is 0 Å². The van der Waals surface area contributed by atoms with Crippen molar-refractivity contribution in [1.29, 1.82) is 0 Å². The Morgan fingerprint density at radius 1 is 0.907 bits per heavy atom. The zero-order valence-corrected chi connectivity index (χ0v) is 24.6. The van der Waals surface area contributed by atoms with Gasteiger partial charge in [-0.2, -0.15) is 5.10 Å². The lowest BCUT2D eigenvalue weighted by atomic mass is 9.92. The summed E-state index contributed by atoms with van der Waals surface area (Å²) in [5.74, 6) is 1.57. The molecule has 10 nitrogen and oxygen atoms in total. The number of anilines is 4. The number of fused-ring (bicyclic) bond motifs is 1. The number of nitrogens with zero attached hydrogens (tertiary/aromatic N) is 3. The molecule has 220 valence electrons. The Hall–Kier alpha value is -5.38. The molecule has 0 radical (unpaired) electrons. The zero-order chi connectivity index (χ0) is 30.6. The topological polar surface area (TPSA) is 136 Å². The fourth-order valence-electron chi connectivity index (χ4n) is 4.45. The molecule has 0 atom stereocenters. The molecular weight excluding hydrogens is 542 g/mol. The average molecular weight is 578 g/mol. The Bertz CT molecular complexity index is 1770. The van der Waals surface area contributed by atoms with Crippen LogP contribution in [0.1, 0.15) is 45.4 Å². The van der Waals surface area contributed by atoms with E-state index in [1.807, 2.05) is 60.7 Å². The molecular formula is C33H35N7O3. The summed E-state index contributed by atoms with van der Waals surface area (Å²) in [6.45, 7) is 8.27. The summed E-state index contributed by atoms with van der Waals surface area (Å²) in [4.78, 5) is 29.2. The van der Waals surface area contributed by atoms with Crippen LogP contribution in [0.5, 0.6) is 5.75 Å². The van der Waals surface area contributed by atoms with Crippen molar-refractivity contribution in [1.82, 2.24) is 14.8 Å². The number of carbonyl (C=O) groups is 2. The van der Waals surface area contributed by atoms with Gasteiger partial charge in [-0.05, 0) is 54.1 Å². The second-order valence-electron chi connectivity index (χ2n) is 11.1. The molecule has 0 spiro atoms. The molecule has 5 rings (SSSR count). The van der Waals surface area contributed by atoms with Gasteiger partial charge < -0.3 is 21.1 Å². The predicted octanol–water partition coefficient (Wildman–Crippen LogP) is 6.87. The number of hydrogen-bond donors (Lipinski definition) is 4. The number of carbonyl (C=O) groups excluding carboxylic acids is 2. The summed E-state index contributed by atoms with van der Waals surface area (Å²) in [5.41, 5.74) is 9.40. The molecule has 5 N–H and O–H groups in total. The number of nitrogens with two attached hydrogens (primary N) is 1. The summed E-state index contributed by atoms with van der Waals surface area (Å²) < 4.78 is 7.87. The minimum atomic E-state index is -0.408. The number of hydrogen-bond acceptors (Lipinski definition) is 6. The second kappa shape index (κ2) is 12.2. The Morgan fingerprint density at radius 2 is 1.65 bits per heavy atom. The molecule has 0 aliphatic rings. The lowest BCUT2D eigenvalue weighted by Gasteiger charge is -2.15. The van der Waals surface area contributed by atoms with E-state index < -0.39 is 6.03 Å². The summed E-state index contributed by atoms with van der Waals surface area (Å²) in [6, 6.07) is 23.8. The molecule has 5 aromatic rings. The monoisotopic (exact) mass is 577 g/mol. The van der Waals surface area contributed by atoms with E-state index in [1.165, 1.54) is 0 Å². The van der Waals surface area contributed by atoms with E-state index in [-0.39, 0.29) is 17.9 Å². The van der Waals surface area contributed by atoms with Crippen LogP contribution >= 0.6 is 0 Å². The van der Waals surface area contributed by atoms with E-state index in [0.717, 1.165) is 27.7 Å². The first kappa shape index (κ1) is 29.1. The van der Waals surface area contributed by atoms with Crippen molar-refractivity contribution in [3.8, 4) is 11.4 Å². The van der Waals surface area contributed by atoms with Crippen LogP contribution in [0.25, 0.3) is 16.5 Å². The van der Waals surface area contributed by atoms with Gasteiger partial charge in [0.1, 0.15) is 24.0 Å². The minimum Gasteiger partial charge on any atom is -0.488 e. The first-order valence-electron chi connectivity index (χ1n) is 14.0. The highest BCUT2D eigenvalue weighted by molar-refractivity contribution is 6.07. The summed E-state index contributed by atoms with van der Waals surface area (Å²) in [5, 5.41) is 15.1. The molecule has 0 bridgehead atoms. The minimum absolute atomic E-state index is 0.104. The normalized spacial score (nSPS) is 11.3. The molecule has 0 unspecified atom stereocenters. The molecule has 0 fully saturated rings. The lowest BCUT2D eigenvalue weighted by molar-refractivity contribution is -0.115. The molecule has 10 heteroatoms. The number of rotatable bonds is 8. The Labute approximate surface area is 250 Å². The highest BCUT2D eigenvalue weighted by Crippen LogP contribution is 2.33. The van der Waals surface area contributed by atoms with Crippen LogP contribution in [-0.2, 0) is 16.8 Å². The van der Waals surface area contributed by atoms with Crippen LogP contribution < -0.4 is 26.4 Å². The maximum Gasteiger partial charge on any atom is 0.324 e. The first-order valence-corrected chi connectivity index (χ1v) is 14.0. The van der Waals surface area contributed by atoms with E-state index in [4.69, 9.17) is 15.6 Å². The maximum atomic E-state index is 13.3. The second-order valence-corrected chi connectivity index (χ2v) is 11.1. The molecule has 0 saturated heterocycles. The third kappa shape index (κ3) is 6.92. The van der Waals surface area contributed by atoms with Crippen molar-refractivity contribution in [3.63, 3.8) is 0 Å². The van der Waals surface area contributed by atoms with E-state index >= 15 is 0 Å². The summed E-state index contributed by atoms with van der Waals surface area (Å²) in [6.07, 6.45) is 2.01. The molecule has 0 aliphatic heterocycles. The molecule has 0 aliphatic carbocycles. The number of nitrogens with one attached hydrogen (secondary N) is 3. The number of nitrogen functional groups attached to an aromatic ring is 1. The van der Waals surface area contributed by atoms with Crippen LogP contribution in [0.15, 0.2) is 85.1 Å². The van der Waals surface area contributed by atoms with Crippen molar-refractivity contribution < 1.29 is 14.3 Å². The van der Waals surface area contributed by atoms with Crippen LogP contribution in [0.3, 0.4) is 0 Å². The number of pyridine rings is 1. The highest BCUT2D eigenvalue weighted by atomic mass is 16.5. The SMILES string of the molecule is CCC(=O)Nc1cc(COc2ccc(NC(=O)Nc3cc(C(C)(C)C)nn3-c3ccc(N)cc3)c3ccccc23)ccn1. The van der Waals surface area contributed by atoms with Crippen molar-refractivity contribution in [2.24, 2.45) is 0 Å². The number of amides is 3. The quantitative estimate of drug-likeness (QED) is 0.149. The standard InChI is InChI=1S/C33H35N7O3/c1-5-31(41)37-29-18-21(16-17-35-29)20-43-27-15-14-26(24-8-6-7-9-25(24)27)36-32(42)38-30-19-28(33(2,3)4)39-40(30)23-12-10-22(34)11-13-23/h6-19H,5,20,34H2,1-4H3,(H,35,37,41)(H2,36,38,42). The number of ether oxygens (including phenoxy) is 1. The van der Waals surface area contributed by atoms with Gasteiger partial charge in [0, 0.05) is 40.6 Å². The van der Waals surface area contributed by atoms with Gasteiger partial charge in [-0.1, -0.05) is 52.0 Å². The van der Waals surface area contributed by atoms with Gasteiger partial charge in [0.25, 0.3) is 0 Å². The molecule has 2 heterocycles. The number of aromatic nitrogens is 3. The number of urea groups is 1. The average Bonchev–Trinajstić information content (AvgIpc) is 3.41. The van der Waals surface area contributed by atoms with Gasteiger partial charge in [0.15, 0.2) is 0 Å². The maximum absolute atomic E-state index is 13.3. The third-order valence-corrected chi connectivity index (χ3v) is 6.80. The molecule has 3 amide bonds. The van der Waals surface area contributed by atoms with E-state index in [2.05, 4.69) is 41.7 Å². The van der Waals surface area contributed by atoms with Gasteiger partial charge >= 0.3 is 6.03 Å². The molecule has 0 saturated carbocycles. The summed E-state index contributed by atoms with van der Waals surface area (Å²) in [7, 11) is 0. The largest absolute Gasteiger partial charge is 0.488 e. The van der Waals surface area contributed by atoms with Crippen molar-refractivity contribution in [2.45, 2.75) is 46.1 Å². The zero-order valence-electron chi connectivity index (χ0n) is 24.6. The molecule has 43 heavy (non-hydrogen) atoms. The van der Waals surface area contributed by atoms with E-state index in [0.29, 0.717) is 35.2 Å². The van der Waals surface area contributed by atoms with Crippen molar-refractivity contribution in [2.75, 3.05) is 21.7 Å². The molecule has 2 aromatic heterocycles. The van der Waals surface area contributed by atoms with Gasteiger partial charge in [0.05, 0.1) is 17.1 Å². The van der Waals surface area contributed by atoms with Crippen LogP contribution in [0, 0.1) is 0 Å². The first-order chi connectivity index (χ1) is 20.6. The van der Waals surface area contributed by atoms with Gasteiger partial charge in [0.2, 0.25) is 5.91 Å². The number of benzene rings is 3. The third-order valence-electron chi connectivity index (χ3n) is 6.80. The van der Waals surface area contributed by atoms with Gasteiger partial charge in [-0.3, -0.25) is 10.1 Å². The van der Waals surface area contributed by atoms with Crippen molar-refractivity contribution >= 4 is 45.7 Å². The van der Waals surface area contributed by atoms with Crippen LogP contribution in [-0.4, -0.2) is 26.7 Å². The summed E-state index contributed by atoms with van der Waals surface area (Å²) >= 11 is 0. The van der Waals surface area contributed by atoms with E-state index in [9.17, 15) is 9.59 Å². The van der Waals surface area contributed by atoms with Gasteiger partial charge in [-0.25, -0.2) is 14.5 Å². The van der Waals surface area contributed by atoms with Crippen LogP contribution in [0.4, 0.5) is 27.8 Å². The Balaban J connectivity index is 1.35. The van der Waals surface area contributed by atoms with Crippen LogP contribution in [0.2, 0.25) is 0 Å². The highest BCUT2D eigenvalue weighted by Gasteiger charge is 2.22. The Kier molecular flexibility index (Phi) is 8.29. The smallest absolute Gasteiger partial charge is 0.324 e.